The first-order valence-electron chi connectivity index (χ1n) is 11.4. The lowest BCUT2D eigenvalue weighted by Crippen LogP contribution is -2.52. The maximum absolute atomic E-state index is 12.8. The average molecular weight is 420 g/mol. The second kappa shape index (κ2) is 8.33. The molecule has 31 heavy (non-hydrogen) atoms. The van der Waals surface area contributed by atoms with E-state index in [1.54, 1.807) is 24.5 Å². The Hall–Kier alpha value is -2.89. The lowest BCUT2D eigenvalue weighted by atomic mass is 9.76. The Kier molecular flexibility index (Phi) is 5.38. The van der Waals surface area contributed by atoms with Gasteiger partial charge in [-0.3, -0.25) is 14.6 Å². The summed E-state index contributed by atoms with van der Waals surface area (Å²) in [5.41, 5.74) is 1.49. The van der Waals surface area contributed by atoms with Crippen LogP contribution in [0.1, 0.15) is 60.4 Å². The Balaban J connectivity index is 1.27. The van der Waals surface area contributed by atoms with Gasteiger partial charge in [-0.25, -0.2) is 0 Å². The quantitative estimate of drug-likeness (QED) is 0.805. The number of piperidine rings is 1. The topological polar surface area (TPSA) is 71.5 Å². The molecular weight excluding hydrogens is 390 g/mol. The van der Waals surface area contributed by atoms with Gasteiger partial charge in [-0.05, 0) is 48.9 Å². The van der Waals surface area contributed by atoms with E-state index in [4.69, 9.17) is 4.74 Å². The van der Waals surface area contributed by atoms with Gasteiger partial charge in [-0.2, -0.15) is 0 Å². The zero-order valence-electron chi connectivity index (χ0n) is 17.8. The zero-order valence-corrected chi connectivity index (χ0v) is 17.8. The van der Waals surface area contributed by atoms with Crippen LogP contribution in [0, 0.1) is 5.92 Å². The van der Waals surface area contributed by atoms with Crippen molar-refractivity contribution >= 4 is 11.8 Å². The van der Waals surface area contributed by atoms with Crippen LogP contribution in [0.3, 0.4) is 0 Å². The molecule has 1 spiro atoms. The van der Waals surface area contributed by atoms with Crippen molar-refractivity contribution in [2.24, 2.45) is 5.92 Å². The normalized spacial score (nSPS) is 21.8. The highest BCUT2D eigenvalue weighted by Crippen LogP contribution is 2.46. The van der Waals surface area contributed by atoms with Crippen LogP contribution in [-0.2, 0) is 4.79 Å². The molecule has 3 aliphatic rings. The summed E-state index contributed by atoms with van der Waals surface area (Å²) in [4.78, 5) is 31.3. The molecule has 1 saturated carbocycles. The summed E-state index contributed by atoms with van der Waals surface area (Å²) in [5, 5.41) is 3.12. The van der Waals surface area contributed by atoms with Gasteiger partial charge in [0.05, 0.1) is 0 Å². The molecule has 0 radical (unpaired) electrons. The summed E-state index contributed by atoms with van der Waals surface area (Å²) in [5.74, 6) is 1.90. The van der Waals surface area contributed by atoms with Crippen LogP contribution in [0.25, 0.3) is 0 Å². The Morgan fingerprint density at radius 1 is 1.10 bits per heavy atom. The van der Waals surface area contributed by atoms with Gasteiger partial charge in [-0.1, -0.05) is 18.2 Å². The fraction of sp³-hybridized carbons (Fsp3) is 0.480. The molecule has 162 valence electrons. The number of carbonyl (C=O) groups excluding carboxylic acids is 2. The highest BCUT2D eigenvalue weighted by atomic mass is 16.5. The van der Waals surface area contributed by atoms with Crippen molar-refractivity contribution < 1.29 is 14.3 Å². The van der Waals surface area contributed by atoms with Gasteiger partial charge in [0.25, 0.3) is 5.91 Å². The molecule has 1 aromatic heterocycles. The molecule has 6 heteroatoms. The number of amides is 2. The number of hydrogen-bond acceptors (Lipinski definition) is 4. The van der Waals surface area contributed by atoms with Crippen LogP contribution in [0.5, 0.6) is 5.75 Å². The van der Waals surface area contributed by atoms with Crippen molar-refractivity contribution in [1.29, 1.82) is 0 Å². The minimum atomic E-state index is -0.315. The Morgan fingerprint density at radius 2 is 1.84 bits per heavy atom. The predicted octanol–water partition coefficient (Wildman–Crippen LogP) is 3.54. The Morgan fingerprint density at radius 3 is 2.58 bits per heavy atom. The van der Waals surface area contributed by atoms with Crippen LogP contribution < -0.4 is 10.1 Å². The second-order valence-electron chi connectivity index (χ2n) is 9.20. The molecule has 6 nitrogen and oxygen atoms in total. The van der Waals surface area contributed by atoms with E-state index in [2.05, 4.69) is 16.4 Å². The molecule has 2 amide bonds. The smallest absolute Gasteiger partial charge is 0.253 e. The van der Waals surface area contributed by atoms with Crippen molar-refractivity contribution in [2.45, 2.75) is 50.0 Å². The molecule has 2 aliphatic heterocycles. The Labute approximate surface area is 183 Å². The van der Waals surface area contributed by atoms with Gasteiger partial charge >= 0.3 is 0 Å². The first kappa shape index (κ1) is 20.0. The highest BCUT2D eigenvalue weighted by molar-refractivity contribution is 5.94. The number of aromatic nitrogens is 1. The monoisotopic (exact) mass is 419 g/mol. The van der Waals surface area contributed by atoms with Gasteiger partial charge in [-0.15, -0.1) is 0 Å². The third-order valence-electron chi connectivity index (χ3n) is 6.91. The maximum atomic E-state index is 12.8. The Bertz CT molecular complexity index is 949. The summed E-state index contributed by atoms with van der Waals surface area (Å²) >= 11 is 0. The number of fused-ring (bicyclic) bond motifs is 1. The maximum Gasteiger partial charge on any atom is 0.253 e. The van der Waals surface area contributed by atoms with Crippen molar-refractivity contribution in [2.75, 3.05) is 19.6 Å². The number of ether oxygens (including phenoxy) is 1. The summed E-state index contributed by atoms with van der Waals surface area (Å²) in [6.07, 6.45) is 8.64. The molecule has 1 N–H and O–H groups in total. The lowest BCUT2D eigenvalue weighted by molar-refractivity contribution is -0.122. The van der Waals surface area contributed by atoms with Crippen LogP contribution in [-0.4, -0.2) is 46.9 Å². The van der Waals surface area contributed by atoms with Crippen molar-refractivity contribution in [3.63, 3.8) is 0 Å². The van der Waals surface area contributed by atoms with Gasteiger partial charge in [0.1, 0.15) is 11.4 Å². The number of nitrogens with one attached hydrogen (secondary N) is 1. The number of pyridine rings is 1. The fourth-order valence-electron chi connectivity index (χ4n) is 4.90. The minimum absolute atomic E-state index is 0.0458. The molecule has 2 fully saturated rings. The third kappa shape index (κ3) is 4.43. The summed E-state index contributed by atoms with van der Waals surface area (Å²) < 4.78 is 6.53. The number of para-hydroxylation sites is 1. The van der Waals surface area contributed by atoms with Gasteiger partial charge in [0.2, 0.25) is 5.91 Å². The first-order chi connectivity index (χ1) is 15.1. The SMILES string of the molecule is O=C(CC1CC2(CCN(C(=O)c3ccncc3)CC2)Oc2ccccc21)NCC1CC1. The zero-order chi connectivity index (χ0) is 21.3. The molecule has 1 saturated heterocycles. The van der Waals surface area contributed by atoms with E-state index >= 15 is 0 Å². The lowest BCUT2D eigenvalue weighted by Gasteiger charge is -2.47. The molecule has 0 bridgehead atoms. The fourth-order valence-corrected chi connectivity index (χ4v) is 4.90. The number of likely N-dealkylation sites (tertiary alicyclic amines) is 1. The third-order valence-corrected chi connectivity index (χ3v) is 6.91. The van der Waals surface area contributed by atoms with E-state index in [1.165, 1.54) is 12.8 Å². The number of hydrogen-bond donors (Lipinski definition) is 1. The van der Waals surface area contributed by atoms with Crippen molar-refractivity contribution in [1.82, 2.24) is 15.2 Å². The molecular formula is C25H29N3O3. The number of rotatable bonds is 5. The second-order valence-corrected chi connectivity index (χ2v) is 9.20. The van der Waals surface area contributed by atoms with Crippen LogP contribution >= 0.6 is 0 Å². The van der Waals surface area contributed by atoms with E-state index in [-0.39, 0.29) is 23.3 Å². The summed E-state index contributed by atoms with van der Waals surface area (Å²) in [6, 6.07) is 11.6. The molecule has 3 heterocycles. The highest BCUT2D eigenvalue weighted by Gasteiger charge is 2.44. The standard InChI is InChI=1S/C25H29N3O3/c29-23(27-17-18-5-6-18)15-20-16-25(31-22-4-2-1-3-21(20)22)9-13-28(14-10-25)24(30)19-7-11-26-12-8-19/h1-4,7-8,11-12,18,20H,5-6,9-10,13-17H2,(H,27,29). The minimum Gasteiger partial charge on any atom is -0.487 e. The van der Waals surface area contributed by atoms with E-state index in [1.807, 2.05) is 23.1 Å². The van der Waals surface area contributed by atoms with Gasteiger partial charge in [0.15, 0.2) is 0 Å². The predicted molar refractivity (Wildman–Crippen MR) is 117 cm³/mol. The number of nitrogens with zero attached hydrogens (tertiary/aromatic N) is 2. The van der Waals surface area contributed by atoms with Crippen LogP contribution in [0.2, 0.25) is 0 Å². The molecule has 1 aromatic carbocycles. The van der Waals surface area contributed by atoms with E-state index < -0.39 is 0 Å². The summed E-state index contributed by atoms with van der Waals surface area (Å²) in [6.45, 7) is 2.12. The number of benzene rings is 1. The van der Waals surface area contributed by atoms with Crippen molar-refractivity contribution in [3.8, 4) is 5.75 Å². The summed E-state index contributed by atoms with van der Waals surface area (Å²) in [7, 11) is 0. The van der Waals surface area contributed by atoms with Crippen LogP contribution in [0.15, 0.2) is 48.8 Å². The van der Waals surface area contributed by atoms with E-state index in [0.29, 0.717) is 31.0 Å². The average Bonchev–Trinajstić information content (AvgIpc) is 3.63. The molecule has 2 aromatic rings. The van der Waals surface area contributed by atoms with Gasteiger partial charge in [0, 0.05) is 62.8 Å². The molecule has 5 rings (SSSR count). The first-order valence-corrected chi connectivity index (χ1v) is 11.4. The number of carbonyl (C=O) groups is 2. The molecule has 1 unspecified atom stereocenters. The van der Waals surface area contributed by atoms with E-state index in [9.17, 15) is 9.59 Å². The van der Waals surface area contributed by atoms with Crippen molar-refractivity contribution in [3.05, 3.63) is 59.9 Å². The molecule has 1 atom stereocenters. The van der Waals surface area contributed by atoms with Gasteiger partial charge < -0.3 is 15.0 Å². The molecule has 1 aliphatic carbocycles. The largest absolute Gasteiger partial charge is 0.487 e. The van der Waals surface area contributed by atoms with E-state index in [0.717, 1.165) is 37.1 Å². The van der Waals surface area contributed by atoms with Crippen LogP contribution in [0.4, 0.5) is 0 Å².